The monoisotopic (exact) mass is 212 g/mol. The first-order valence-corrected chi connectivity index (χ1v) is 6.38. The van der Waals surface area contributed by atoms with Crippen molar-refractivity contribution in [1.82, 2.24) is 0 Å². The summed E-state index contributed by atoms with van der Waals surface area (Å²) in [4.78, 5) is 11.5. The summed E-state index contributed by atoms with van der Waals surface area (Å²) in [5.41, 5.74) is -0.0959. The van der Waals surface area contributed by atoms with Crippen LogP contribution in [0.4, 0.5) is 0 Å². The van der Waals surface area contributed by atoms with E-state index in [0.717, 1.165) is 12.8 Å². The second-order valence-corrected chi connectivity index (χ2v) is 4.70. The van der Waals surface area contributed by atoms with Gasteiger partial charge in [0.05, 0.1) is 12.2 Å². The molecule has 0 N–H and O–H groups in total. The van der Waals surface area contributed by atoms with Gasteiger partial charge in [-0.25, -0.2) is 0 Å². The van der Waals surface area contributed by atoms with Crippen molar-refractivity contribution in [2.24, 2.45) is 0 Å². The summed E-state index contributed by atoms with van der Waals surface area (Å²) >= 11 is 0. The molecule has 2 nitrogen and oxygen atoms in total. The molecule has 88 valence electrons. The Morgan fingerprint density at radius 1 is 1.20 bits per heavy atom. The minimum absolute atomic E-state index is 0.0959. The number of hydrogen-bond acceptors (Lipinski definition) is 2. The van der Waals surface area contributed by atoms with Crippen LogP contribution in [0.2, 0.25) is 0 Å². The second-order valence-electron chi connectivity index (χ2n) is 4.70. The zero-order chi connectivity index (χ0) is 11.1. The lowest BCUT2D eigenvalue weighted by Gasteiger charge is -2.37. The highest BCUT2D eigenvalue weighted by Gasteiger charge is 2.35. The Morgan fingerprint density at radius 2 is 1.80 bits per heavy atom. The van der Waals surface area contributed by atoms with Crippen molar-refractivity contribution in [1.29, 1.82) is 0 Å². The van der Waals surface area contributed by atoms with Gasteiger partial charge in [0.2, 0.25) is 0 Å². The van der Waals surface area contributed by atoms with Crippen LogP contribution in [-0.2, 0) is 9.53 Å². The van der Waals surface area contributed by atoms with Crippen LogP contribution in [0.5, 0.6) is 0 Å². The smallest absolute Gasteiger partial charge is 0.138 e. The number of rotatable bonds is 6. The molecule has 15 heavy (non-hydrogen) atoms. The quantitative estimate of drug-likeness (QED) is 0.673. The van der Waals surface area contributed by atoms with E-state index in [1.807, 2.05) is 0 Å². The van der Waals surface area contributed by atoms with Crippen molar-refractivity contribution in [3.8, 4) is 0 Å². The first-order valence-electron chi connectivity index (χ1n) is 6.38. The molecule has 0 aromatic rings. The molecule has 0 aromatic carbocycles. The van der Waals surface area contributed by atoms with Crippen molar-refractivity contribution < 1.29 is 9.53 Å². The van der Waals surface area contributed by atoms with E-state index in [0.29, 0.717) is 25.2 Å². The van der Waals surface area contributed by atoms with E-state index in [9.17, 15) is 4.79 Å². The van der Waals surface area contributed by atoms with E-state index in [4.69, 9.17) is 4.74 Å². The Balaban J connectivity index is 2.53. The summed E-state index contributed by atoms with van der Waals surface area (Å²) in [6.07, 6.45) is 8.14. The fourth-order valence-electron chi connectivity index (χ4n) is 2.32. The van der Waals surface area contributed by atoms with Crippen molar-refractivity contribution in [3.63, 3.8) is 0 Å². The molecule has 1 heterocycles. The number of ether oxygens (including phenoxy) is 1. The van der Waals surface area contributed by atoms with Crippen LogP contribution < -0.4 is 0 Å². The summed E-state index contributed by atoms with van der Waals surface area (Å²) in [6.45, 7) is 5.03. The molecule has 1 fully saturated rings. The van der Waals surface area contributed by atoms with Gasteiger partial charge in [-0.15, -0.1) is 0 Å². The van der Waals surface area contributed by atoms with Gasteiger partial charge in [0.25, 0.3) is 0 Å². The predicted octanol–water partition coefficient (Wildman–Crippen LogP) is 3.49. The Bertz CT molecular complexity index is 191. The molecule has 0 radical (unpaired) electrons. The van der Waals surface area contributed by atoms with E-state index in [-0.39, 0.29) is 5.60 Å². The molecule has 0 saturated carbocycles. The van der Waals surface area contributed by atoms with Crippen molar-refractivity contribution in [3.05, 3.63) is 0 Å². The maximum atomic E-state index is 11.5. The van der Waals surface area contributed by atoms with Crippen LogP contribution in [0.15, 0.2) is 0 Å². The maximum absolute atomic E-state index is 11.5. The SMILES string of the molecule is CCCCC1(CCCC)CC(=O)CCO1. The largest absolute Gasteiger partial charge is 0.374 e. The van der Waals surface area contributed by atoms with Crippen LogP contribution in [-0.4, -0.2) is 18.0 Å². The van der Waals surface area contributed by atoms with Crippen LogP contribution in [0, 0.1) is 0 Å². The summed E-state index contributed by atoms with van der Waals surface area (Å²) < 4.78 is 5.92. The molecular weight excluding hydrogens is 188 g/mol. The minimum Gasteiger partial charge on any atom is -0.374 e. The number of ketones is 1. The lowest BCUT2D eigenvalue weighted by Crippen LogP contribution is -2.40. The molecule has 1 saturated heterocycles. The van der Waals surface area contributed by atoms with Crippen LogP contribution >= 0.6 is 0 Å². The Kier molecular flexibility index (Phi) is 5.30. The van der Waals surface area contributed by atoms with Gasteiger partial charge in [-0.2, -0.15) is 0 Å². The lowest BCUT2D eigenvalue weighted by molar-refractivity contribution is -0.142. The van der Waals surface area contributed by atoms with Crippen molar-refractivity contribution in [2.45, 2.75) is 70.8 Å². The predicted molar refractivity (Wildman–Crippen MR) is 62.0 cm³/mol. The summed E-state index contributed by atoms with van der Waals surface area (Å²) in [5, 5.41) is 0. The highest BCUT2D eigenvalue weighted by molar-refractivity contribution is 5.80. The molecule has 0 aliphatic carbocycles. The number of carbonyl (C=O) groups is 1. The molecule has 0 unspecified atom stereocenters. The Morgan fingerprint density at radius 3 is 2.27 bits per heavy atom. The van der Waals surface area contributed by atoms with Gasteiger partial charge in [0.1, 0.15) is 5.78 Å². The molecule has 0 amide bonds. The van der Waals surface area contributed by atoms with Gasteiger partial charge in [-0.1, -0.05) is 39.5 Å². The van der Waals surface area contributed by atoms with E-state index in [1.54, 1.807) is 0 Å². The van der Waals surface area contributed by atoms with Crippen LogP contribution in [0.1, 0.15) is 65.2 Å². The lowest BCUT2D eigenvalue weighted by atomic mass is 9.84. The van der Waals surface area contributed by atoms with Gasteiger partial charge >= 0.3 is 0 Å². The third kappa shape index (κ3) is 3.94. The molecule has 0 bridgehead atoms. The van der Waals surface area contributed by atoms with Gasteiger partial charge in [-0.05, 0) is 12.8 Å². The normalized spacial score (nSPS) is 20.5. The van der Waals surface area contributed by atoms with Gasteiger partial charge < -0.3 is 4.74 Å². The zero-order valence-electron chi connectivity index (χ0n) is 10.2. The Labute approximate surface area is 93.4 Å². The average molecular weight is 212 g/mol. The zero-order valence-corrected chi connectivity index (χ0v) is 10.2. The maximum Gasteiger partial charge on any atom is 0.138 e. The summed E-state index contributed by atoms with van der Waals surface area (Å²) in [5.74, 6) is 0.397. The van der Waals surface area contributed by atoms with Crippen molar-refractivity contribution >= 4 is 5.78 Å². The minimum atomic E-state index is -0.0959. The van der Waals surface area contributed by atoms with E-state index in [1.165, 1.54) is 25.7 Å². The second kappa shape index (κ2) is 6.26. The first kappa shape index (κ1) is 12.7. The first-order chi connectivity index (χ1) is 7.22. The van der Waals surface area contributed by atoms with Gasteiger partial charge in [-0.3, -0.25) is 4.79 Å². The molecular formula is C13H24O2. The van der Waals surface area contributed by atoms with Crippen LogP contribution in [0.25, 0.3) is 0 Å². The average Bonchev–Trinajstić information content (AvgIpc) is 2.24. The number of hydrogen-bond donors (Lipinski definition) is 0. The number of unbranched alkanes of at least 4 members (excludes halogenated alkanes) is 2. The number of Topliss-reactive ketones (excluding diaryl/α,β-unsaturated/α-hetero) is 1. The molecule has 1 rings (SSSR count). The molecule has 0 aromatic heterocycles. The highest BCUT2D eigenvalue weighted by atomic mass is 16.5. The van der Waals surface area contributed by atoms with Gasteiger partial charge in [0.15, 0.2) is 0 Å². The summed E-state index contributed by atoms with van der Waals surface area (Å²) in [7, 11) is 0. The molecule has 2 heteroatoms. The molecule has 1 aliphatic rings. The third-order valence-corrected chi connectivity index (χ3v) is 3.28. The molecule has 1 aliphatic heterocycles. The topological polar surface area (TPSA) is 26.3 Å². The highest BCUT2D eigenvalue weighted by Crippen LogP contribution is 2.33. The van der Waals surface area contributed by atoms with Crippen LogP contribution in [0.3, 0.4) is 0 Å². The van der Waals surface area contributed by atoms with E-state index in [2.05, 4.69) is 13.8 Å². The number of carbonyl (C=O) groups excluding carboxylic acids is 1. The Hall–Kier alpha value is -0.370. The third-order valence-electron chi connectivity index (χ3n) is 3.28. The fraction of sp³-hybridized carbons (Fsp3) is 0.923. The van der Waals surface area contributed by atoms with E-state index < -0.39 is 0 Å². The molecule has 0 atom stereocenters. The molecule has 0 spiro atoms. The fourth-order valence-corrected chi connectivity index (χ4v) is 2.32. The van der Waals surface area contributed by atoms with Gasteiger partial charge in [0, 0.05) is 12.8 Å². The van der Waals surface area contributed by atoms with Crippen molar-refractivity contribution in [2.75, 3.05) is 6.61 Å². The standard InChI is InChI=1S/C13H24O2/c1-3-5-8-13(9-6-4-2)11-12(14)7-10-15-13/h3-11H2,1-2H3. The van der Waals surface area contributed by atoms with E-state index >= 15 is 0 Å². The summed E-state index contributed by atoms with van der Waals surface area (Å²) in [6, 6.07) is 0.